The molecule has 49 heavy (non-hydrogen) atoms. The van der Waals surface area contributed by atoms with Gasteiger partial charge >= 0.3 is 6.09 Å². The van der Waals surface area contributed by atoms with Gasteiger partial charge in [-0.2, -0.15) is 4.98 Å². The molecule has 0 spiro atoms. The number of benzene rings is 3. The molecule has 0 saturated carbocycles. The first-order valence-corrected chi connectivity index (χ1v) is 15.7. The minimum atomic E-state index is -3.08. The summed E-state index contributed by atoms with van der Waals surface area (Å²) in [6, 6.07) is 15.9. The predicted octanol–water partition coefficient (Wildman–Crippen LogP) is 6.01. The van der Waals surface area contributed by atoms with E-state index in [0.29, 0.717) is 34.7 Å². The van der Waals surface area contributed by atoms with Crippen molar-refractivity contribution in [3.05, 3.63) is 94.7 Å². The van der Waals surface area contributed by atoms with Gasteiger partial charge in [-0.3, -0.25) is 9.69 Å². The third-order valence-electron chi connectivity index (χ3n) is 8.41. The van der Waals surface area contributed by atoms with Crippen molar-refractivity contribution < 1.29 is 32.6 Å². The van der Waals surface area contributed by atoms with E-state index in [-0.39, 0.29) is 46.5 Å². The molecular weight excluding hydrogens is 634 g/mol. The van der Waals surface area contributed by atoms with Gasteiger partial charge in [-0.05, 0) is 54.9 Å². The monoisotopic (exact) mass is 674 g/mol. The second kappa shape index (κ2) is 15.0. The van der Waals surface area contributed by atoms with Crippen molar-refractivity contribution in [3.8, 4) is 17.2 Å². The number of Topliss-reactive ketones (excluding diaryl/α,β-unsaturated/α-hetero) is 1. The molecule has 1 aliphatic rings. The molecule has 5 rings (SSSR count). The number of hydrogen-bond acceptors (Lipinski definition) is 10. The van der Waals surface area contributed by atoms with E-state index in [1.165, 1.54) is 43.5 Å². The molecule has 2 heterocycles. The number of likely N-dealkylation sites (N-methyl/N-ethyl adjacent to an activating group) is 1. The fraction of sp³-hybridized carbons (Fsp3) is 0.333. The molecule has 0 bridgehead atoms. The summed E-state index contributed by atoms with van der Waals surface area (Å²) >= 11 is 0. The van der Waals surface area contributed by atoms with E-state index < -0.39 is 12.0 Å². The van der Waals surface area contributed by atoms with Crippen LogP contribution < -0.4 is 24.8 Å². The number of alkyl halides is 2. The molecule has 4 aromatic rings. The lowest BCUT2D eigenvalue weighted by atomic mass is 9.95. The first-order valence-electron chi connectivity index (χ1n) is 15.7. The van der Waals surface area contributed by atoms with Crippen LogP contribution in [0.4, 0.5) is 31.0 Å². The highest BCUT2D eigenvalue weighted by molar-refractivity contribution is 6.00. The van der Waals surface area contributed by atoms with E-state index in [1.54, 1.807) is 49.4 Å². The molecule has 13 heteroatoms. The van der Waals surface area contributed by atoms with Crippen LogP contribution in [0.2, 0.25) is 0 Å². The van der Waals surface area contributed by atoms with Crippen LogP contribution >= 0.6 is 0 Å². The summed E-state index contributed by atoms with van der Waals surface area (Å²) in [5.41, 5.74) is 7.87. The van der Waals surface area contributed by atoms with Crippen molar-refractivity contribution >= 4 is 29.3 Å². The lowest BCUT2D eigenvalue weighted by molar-refractivity contribution is 0.0154. The van der Waals surface area contributed by atoms with E-state index in [4.69, 9.17) is 19.9 Å². The average Bonchev–Trinajstić information content (AvgIpc) is 3.07. The second-order valence-corrected chi connectivity index (χ2v) is 12.1. The van der Waals surface area contributed by atoms with Crippen LogP contribution in [0, 0.1) is 6.92 Å². The Labute approximate surface area is 284 Å². The number of nitrogens with zero attached hydrogens (tertiary/aromatic N) is 5. The average molecular weight is 675 g/mol. The Kier molecular flexibility index (Phi) is 10.7. The molecule has 1 amide bonds. The van der Waals surface area contributed by atoms with Gasteiger partial charge in [0.15, 0.2) is 5.78 Å². The maximum atomic E-state index is 14.8. The Balaban J connectivity index is 1.39. The highest BCUT2D eigenvalue weighted by Gasteiger charge is 2.30. The Morgan fingerprint density at radius 1 is 0.959 bits per heavy atom. The van der Waals surface area contributed by atoms with Crippen molar-refractivity contribution in [2.75, 3.05) is 58.1 Å². The number of rotatable bonds is 11. The number of ether oxygens (including phenoxy) is 3. The number of carbonyl (C=O) groups is 2. The molecule has 1 aliphatic heterocycles. The summed E-state index contributed by atoms with van der Waals surface area (Å²) in [5, 5.41) is 0. The van der Waals surface area contributed by atoms with Crippen LogP contribution in [0.15, 0.2) is 66.9 Å². The summed E-state index contributed by atoms with van der Waals surface area (Å²) in [6.45, 7) is 6.36. The zero-order valence-corrected chi connectivity index (χ0v) is 28.2. The third kappa shape index (κ3) is 8.48. The minimum absolute atomic E-state index is 0.0668. The van der Waals surface area contributed by atoms with Gasteiger partial charge in [-0.25, -0.2) is 23.5 Å². The number of hydrogen-bond donors (Lipinski definition) is 1. The van der Waals surface area contributed by atoms with Gasteiger partial charge in [0.25, 0.3) is 5.92 Å². The minimum Gasteiger partial charge on any atom is -0.497 e. The molecule has 0 atom stereocenters. The first kappa shape index (κ1) is 35.2. The van der Waals surface area contributed by atoms with Gasteiger partial charge < -0.3 is 24.8 Å². The Hall–Kier alpha value is -5.14. The van der Waals surface area contributed by atoms with Crippen LogP contribution in [0.3, 0.4) is 0 Å². The van der Waals surface area contributed by atoms with Gasteiger partial charge in [0.05, 0.1) is 19.9 Å². The van der Waals surface area contributed by atoms with E-state index in [1.807, 2.05) is 7.05 Å². The number of nitrogens with two attached hydrogens (primary N) is 1. The quantitative estimate of drug-likeness (QED) is 0.189. The Bertz CT molecular complexity index is 1820. The molecule has 1 aromatic heterocycles. The number of aromatic nitrogens is 2. The molecule has 0 aliphatic carbocycles. The van der Waals surface area contributed by atoms with Crippen molar-refractivity contribution in [3.63, 3.8) is 0 Å². The number of piperazine rings is 1. The number of aryl methyl sites for hydroxylation is 1. The van der Waals surface area contributed by atoms with Crippen LogP contribution in [0.1, 0.15) is 39.5 Å². The van der Waals surface area contributed by atoms with E-state index >= 15 is 0 Å². The lowest BCUT2D eigenvalue weighted by Gasteiger charge is -2.33. The Morgan fingerprint density at radius 3 is 2.39 bits per heavy atom. The highest BCUT2D eigenvalue weighted by Crippen LogP contribution is 2.37. The second-order valence-electron chi connectivity index (χ2n) is 12.1. The number of halogens is 2. The summed E-state index contributed by atoms with van der Waals surface area (Å²) in [6.07, 6.45) is 0.418. The number of nitrogen functional groups attached to an aromatic ring is 1. The number of amides is 1. The van der Waals surface area contributed by atoms with Crippen LogP contribution in [0.5, 0.6) is 17.2 Å². The molecule has 258 valence electrons. The smallest absolute Gasteiger partial charge is 0.425 e. The zero-order chi connectivity index (χ0) is 35.3. The molecule has 3 aromatic carbocycles. The topological polar surface area (TPSA) is 123 Å². The number of ketones is 1. The summed E-state index contributed by atoms with van der Waals surface area (Å²) in [5.74, 6) is -2.45. The largest absolute Gasteiger partial charge is 0.497 e. The zero-order valence-electron chi connectivity index (χ0n) is 28.2. The summed E-state index contributed by atoms with van der Waals surface area (Å²) < 4.78 is 46.3. The van der Waals surface area contributed by atoms with E-state index in [0.717, 1.165) is 33.1 Å². The Morgan fingerprint density at radius 2 is 1.71 bits per heavy atom. The molecule has 0 radical (unpaired) electrons. The molecule has 11 nitrogen and oxygen atoms in total. The van der Waals surface area contributed by atoms with Crippen LogP contribution in [-0.2, 0) is 18.9 Å². The normalized spacial score (nSPS) is 13.9. The number of methoxy groups -OCH3 is 2. The molecule has 1 saturated heterocycles. The van der Waals surface area contributed by atoms with Crippen molar-refractivity contribution in [2.24, 2.45) is 0 Å². The fourth-order valence-electron chi connectivity index (χ4n) is 5.61. The predicted molar refractivity (Wildman–Crippen MR) is 182 cm³/mol. The van der Waals surface area contributed by atoms with E-state index in [2.05, 4.69) is 19.8 Å². The van der Waals surface area contributed by atoms with Crippen LogP contribution in [0.25, 0.3) is 0 Å². The van der Waals surface area contributed by atoms with Gasteiger partial charge in [-0.1, -0.05) is 24.3 Å². The van der Waals surface area contributed by atoms with Gasteiger partial charge in [0.2, 0.25) is 5.95 Å². The third-order valence-corrected chi connectivity index (χ3v) is 8.41. The first-order chi connectivity index (χ1) is 23.4. The van der Waals surface area contributed by atoms with E-state index in [9.17, 15) is 18.4 Å². The van der Waals surface area contributed by atoms with Gasteiger partial charge in [0, 0.05) is 75.5 Å². The summed E-state index contributed by atoms with van der Waals surface area (Å²) in [4.78, 5) is 41.0. The lowest BCUT2D eigenvalue weighted by Crippen LogP contribution is -2.44. The fourth-order valence-corrected chi connectivity index (χ4v) is 5.61. The molecule has 2 N–H and O–H groups in total. The maximum absolute atomic E-state index is 14.8. The number of carbonyl (C=O) groups excluding carboxylic acids is 2. The van der Waals surface area contributed by atoms with Gasteiger partial charge in [-0.15, -0.1) is 0 Å². The van der Waals surface area contributed by atoms with Crippen molar-refractivity contribution in [1.82, 2.24) is 19.8 Å². The number of anilines is 3. The SMILES string of the molecule is COc1ccc(N(C(=O)Oc2cc(C(=O)Cc3ccc(CN4CCN(C)CC4)c(C(C)(F)F)c3)ccc2C)c2ccnc(N)n2)c(OC)c1. The summed E-state index contributed by atoms with van der Waals surface area (Å²) in [7, 11) is 4.99. The van der Waals surface area contributed by atoms with Gasteiger partial charge in [0.1, 0.15) is 23.1 Å². The molecule has 0 unspecified atom stereocenters. The molecular formula is C36H40F2N6O5. The van der Waals surface area contributed by atoms with Crippen LogP contribution in [-0.4, -0.2) is 79.1 Å². The highest BCUT2D eigenvalue weighted by atomic mass is 19.3. The standard InChI is InChI=1S/C36H40F2N6O5/c1-23-6-8-25(30(45)19-24-7-9-26(28(18-24)36(2,37)38)22-43-16-14-42(3)15-17-43)20-31(23)49-35(46)44(33-12-13-40-34(39)41-33)29-11-10-27(47-4)21-32(29)48-5/h6-13,18,20-21H,14-17,19,22H2,1-5H3,(H2,39,40,41). The van der Waals surface area contributed by atoms with Crippen molar-refractivity contribution in [1.29, 1.82) is 0 Å². The molecule has 1 fully saturated rings. The maximum Gasteiger partial charge on any atom is 0.425 e. The van der Waals surface area contributed by atoms with Crippen molar-refractivity contribution in [2.45, 2.75) is 32.7 Å².